The zero-order valence-corrected chi connectivity index (χ0v) is 21.6. The van der Waals surface area contributed by atoms with Crippen molar-refractivity contribution in [2.75, 3.05) is 13.6 Å². The summed E-state index contributed by atoms with van der Waals surface area (Å²) < 4.78 is 0. The molecule has 0 aromatic heterocycles. The molecule has 1 aliphatic rings. The second-order valence-electron chi connectivity index (χ2n) is 11.1. The lowest BCUT2D eigenvalue weighted by Gasteiger charge is -2.37. The number of benzene rings is 1. The Labute approximate surface area is 204 Å². The monoisotopic (exact) mass is 470 g/mol. The molecule has 0 aliphatic heterocycles. The van der Waals surface area contributed by atoms with Crippen LogP contribution >= 0.6 is 0 Å². The first-order valence-electron chi connectivity index (χ1n) is 12.3. The minimum absolute atomic E-state index is 0.0358. The molecule has 1 aliphatic carbocycles. The van der Waals surface area contributed by atoms with Crippen molar-refractivity contribution in [2.45, 2.75) is 66.8 Å². The predicted molar refractivity (Wildman–Crippen MR) is 135 cm³/mol. The van der Waals surface area contributed by atoms with E-state index in [4.69, 9.17) is 5.11 Å². The van der Waals surface area contributed by atoms with E-state index in [0.29, 0.717) is 31.3 Å². The summed E-state index contributed by atoms with van der Waals surface area (Å²) in [5.41, 5.74) is 1.75. The van der Waals surface area contributed by atoms with Crippen molar-refractivity contribution < 1.29 is 19.5 Å². The van der Waals surface area contributed by atoms with Crippen LogP contribution in [0.1, 0.15) is 65.9 Å². The SMILES string of the molecule is CC1=CC(CNC(=O)CC(C)(C)CC(=O)O)C(C(C)C)CC1CC(=O)N(C)Cc1ccccc1. The van der Waals surface area contributed by atoms with Gasteiger partial charge in [-0.25, -0.2) is 0 Å². The summed E-state index contributed by atoms with van der Waals surface area (Å²) in [5, 5.41) is 12.1. The second-order valence-corrected chi connectivity index (χ2v) is 11.1. The Kier molecular flexibility index (Phi) is 9.90. The first kappa shape index (κ1) is 27.6. The molecular weight excluding hydrogens is 428 g/mol. The Morgan fingerprint density at radius 1 is 1.15 bits per heavy atom. The zero-order valence-electron chi connectivity index (χ0n) is 21.6. The Morgan fingerprint density at radius 2 is 1.79 bits per heavy atom. The van der Waals surface area contributed by atoms with Gasteiger partial charge in [0.25, 0.3) is 0 Å². The number of amides is 2. The summed E-state index contributed by atoms with van der Waals surface area (Å²) in [6.45, 7) is 11.2. The van der Waals surface area contributed by atoms with Crippen LogP contribution in [0.3, 0.4) is 0 Å². The molecule has 2 rings (SSSR count). The Balaban J connectivity index is 1.98. The van der Waals surface area contributed by atoms with E-state index in [9.17, 15) is 14.4 Å². The lowest BCUT2D eigenvalue weighted by atomic mass is 9.69. The molecule has 3 atom stereocenters. The van der Waals surface area contributed by atoms with Gasteiger partial charge in [0.1, 0.15) is 0 Å². The average molecular weight is 471 g/mol. The highest BCUT2D eigenvalue weighted by Crippen LogP contribution is 2.39. The maximum absolute atomic E-state index is 12.9. The van der Waals surface area contributed by atoms with E-state index in [-0.39, 0.29) is 36.5 Å². The number of carboxylic acids is 1. The number of carboxylic acid groups (broad SMARTS) is 1. The quantitative estimate of drug-likeness (QED) is 0.451. The molecule has 2 amide bonds. The van der Waals surface area contributed by atoms with E-state index in [0.717, 1.165) is 12.0 Å². The number of carbonyl (C=O) groups excluding carboxylic acids is 2. The Morgan fingerprint density at radius 3 is 2.38 bits per heavy atom. The van der Waals surface area contributed by atoms with Crippen LogP contribution < -0.4 is 5.32 Å². The minimum Gasteiger partial charge on any atom is -0.481 e. The molecule has 0 radical (unpaired) electrons. The van der Waals surface area contributed by atoms with Crippen LogP contribution in [0.15, 0.2) is 42.0 Å². The third-order valence-electron chi connectivity index (χ3n) is 7.00. The molecule has 0 saturated carbocycles. The van der Waals surface area contributed by atoms with Crippen molar-refractivity contribution in [2.24, 2.45) is 29.1 Å². The molecular formula is C28H42N2O4. The van der Waals surface area contributed by atoms with Crippen molar-refractivity contribution >= 4 is 17.8 Å². The minimum atomic E-state index is -0.890. The predicted octanol–water partition coefficient (Wildman–Crippen LogP) is 4.90. The fourth-order valence-corrected chi connectivity index (χ4v) is 5.02. The van der Waals surface area contributed by atoms with Gasteiger partial charge in [-0.3, -0.25) is 14.4 Å². The summed E-state index contributed by atoms with van der Waals surface area (Å²) in [6.07, 6.45) is 3.82. The van der Waals surface area contributed by atoms with Gasteiger partial charge in [0, 0.05) is 33.0 Å². The van der Waals surface area contributed by atoms with Gasteiger partial charge in [-0.2, -0.15) is 0 Å². The molecule has 0 saturated heterocycles. The smallest absolute Gasteiger partial charge is 0.303 e. The van der Waals surface area contributed by atoms with Crippen molar-refractivity contribution in [3.05, 3.63) is 47.5 Å². The van der Waals surface area contributed by atoms with E-state index in [2.05, 4.69) is 32.2 Å². The number of hydrogen-bond donors (Lipinski definition) is 2. The third kappa shape index (κ3) is 8.62. The van der Waals surface area contributed by atoms with Crippen molar-refractivity contribution in [3.63, 3.8) is 0 Å². The molecule has 188 valence electrons. The van der Waals surface area contributed by atoms with Crippen LogP contribution in [0.2, 0.25) is 0 Å². The lowest BCUT2D eigenvalue weighted by Crippen LogP contribution is -2.39. The normalized spacial score (nSPS) is 20.6. The largest absolute Gasteiger partial charge is 0.481 e. The van der Waals surface area contributed by atoms with Crippen LogP contribution in [-0.4, -0.2) is 41.4 Å². The summed E-state index contributed by atoms with van der Waals surface area (Å²) in [6, 6.07) is 10.0. The molecule has 2 N–H and O–H groups in total. The van der Waals surface area contributed by atoms with Gasteiger partial charge in [-0.05, 0) is 48.0 Å². The van der Waals surface area contributed by atoms with Gasteiger partial charge in [0.05, 0.1) is 6.42 Å². The average Bonchev–Trinajstić information content (AvgIpc) is 2.72. The fraction of sp³-hybridized carbons (Fsp3) is 0.607. The highest BCUT2D eigenvalue weighted by molar-refractivity contribution is 5.78. The Bertz CT molecular complexity index is 876. The van der Waals surface area contributed by atoms with Gasteiger partial charge in [-0.15, -0.1) is 0 Å². The summed E-state index contributed by atoms with van der Waals surface area (Å²) in [5.74, 6) is 0.358. The van der Waals surface area contributed by atoms with Crippen molar-refractivity contribution in [3.8, 4) is 0 Å². The van der Waals surface area contributed by atoms with Crippen LogP contribution in [0.5, 0.6) is 0 Å². The summed E-state index contributed by atoms with van der Waals surface area (Å²) in [7, 11) is 1.86. The van der Waals surface area contributed by atoms with Gasteiger partial charge < -0.3 is 15.3 Å². The second kappa shape index (κ2) is 12.2. The van der Waals surface area contributed by atoms with E-state index >= 15 is 0 Å². The number of nitrogens with one attached hydrogen (secondary N) is 1. The first-order chi connectivity index (χ1) is 15.9. The first-order valence-corrected chi connectivity index (χ1v) is 12.3. The molecule has 0 heterocycles. The summed E-state index contributed by atoms with van der Waals surface area (Å²) >= 11 is 0. The van der Waals surface area contributed by atoms with Crippen LogP contribution in [0.25, 0.3) is 0 Å². The molecule has 6 heteroatoms. The summed E-state index contributed by atoms with van der Waals surface area (Å²) in [4.78, 5) is 38.3. The number of rotatable bonds is 11. The molecule has 6 nitrogen and oxygen atoms in total. The number of allylic oxidation sites excluding steroid dienone is 1. The third-order valence-corrected chi connectivity index (χ3v) is 7.00. The molecule has 1 aromatic rings. The van der Waals surface area contributed by atoms with Gasteiger partial charge in [0.15, 0.2) is 0 Å². The zero-order chi connectivity index (χ0) is 25.5. The maximum Gasteiger partial charge on any atom is 0.303 e. The van der Waals surface area contributed by atoms with Gasteiger partial charge >= 0.3 is 5.97 Å². The van der Waals surface area contributed by atoms with Crippen molar-refractivity contribution in [1.82, 2.24) is 10.2 Å². The molecule has 0 fully saturated rings. The van der Waals surface area contributed by atoms with Gasteiger partial charge in [-0.1, -0.05) is 69.7 Å². The topological polar surface area (TPSA) is 86.7 Å². The number of nitrogens with zero attached hydrogens (tertiary/aromatic N) is 1. The molecule has 0 bridgehead atoms. The molecule has 3 unspecified atom stereocenters. The number of aliphatic carboxylic acids is 1. The lowest BCUT2D eigenvalue weighted by molar-refractivity contribution is -0.139. The van der Waals surface area contributed by atoms with E-state index in [1.165, 1.54) is 5.57 Å². The van der Waals surface area contributed by atoms with Crippen molar-refractivity contribution in [1.29, 1.82) is 0 Å². The van der Waals surface area contributed by atoms with Gasteiger partial charge in [0.2, 0.25) is 11.8 Å². The standard InChI is InChI=1S/C28H42N2O4/c1-19(2)24-13-22(14-26(32)30(6)18-21-10-8-7-9-11-21)20(3)12-23(24)17-29-25(31)15-28(4,5)16-27(33)34/h7-12,19,22-24H,13-18H2,1-6H3,(H,29,31)(H,33,34). The molecule has 0 spiro atoms. The van der Waals surface area contributed by atoms with E-state index in [1.807, 2.05) is 37.4 Å². The van der Waals surface area contributed by atoms with Crippen LogP contribution in [-0.2, 0) is 20.9 Å². The Hall–Kier alpha value is -2.63. The highest BCUT2D eigenvalue weighted by atomic mass is 16.4. The van der Waals surface area contributed by atoms with E-state index in [1.54, 1.807) is 18.7 Å². The number of carbonyl (C=O) groups is 3. The van der Waals surface area contributed by atoms with E-state index < -0.39 is 11.4 Å². The van der Waals surface area contributed by atoms with Crippen LogP contribution in [0.4, 0.5) is 0 Å². The maximum atomic E-state index is 12.9. The molecule has 1 aromatic carbocycles. The highest BCUT2D eigenvalue weighted by Gasteiger charge is 2.33. The number of hydrogen-bond acceptors (Lipinski definition) is 3. The van der Waals surface area contributed by atoms with Crippen LogP contribution in [0, 0.1) is 29.1 Å². The molecule has 34 heavy (non-hydrogen) atoms. The fourth-order valence-electron chi connectivity index (χ4n) is 5.02.